The zero-order valence-electron chi connectivity index (χ0n) is 16.6. The summed E-state index contributed by atoms with van der Waals surface area (Å²) in [5.74, 6) is -0.000760. The molecule has 2 fully saturated rings. The molecular weight excluding hydrogens is 330 g/mol. The van der Waals surface area contributed by atoms with Crippen molar-refractivity contribution in [3.05, 3.63) is 23.3 Å². The minimum Gasteiger partial charge on any atom is -0.393 e. The number of aryl methyl sites for hydroxylation is 2. The van der Waals surface area contributed by atoms with Crippen molar-refractivity contribution in [1.29, 1.82) is 0 Å². The van der Waals surface area contributed by atoms with Crippen molar-refractivity contribution in [3.63, 3.8) is 0 Å². The number of piperidine rings is 1. The molecule has 1 spiro atoms. The van der Waals surface area contributed by atoms with E-state index in [1.165, 1.54) is 6.33 Å². The van der Waals surface area contributed by atoms with E-state index in [0.29, 0.717) is 31.5 Å². The first kappa shape index (κ1) is 19.2. The van der Waals surface area contributed by atoms with Crippen molar-refractivity contribution in [2.24, 2.45) is 5.41 Å². The van der Waals surface area contributed by atoms with Crippen molar-refractivity contribution in [2.45, 2.75) is 78.1 Å². The lowest BCUT2D eigenvalue weighted by Gasteiger charge is -2.50. The third-order valence-electron chi connectivity index (χ3n) is 5.85. The molecule has 3 heterocycles. The Morgan fingerprint density at radius 2 is 1.81 bits per heavy atom. The normalized spacial score (nSPS) is 26.2. The topological polar surface area (TPSA) is 75.6 Å². The van der Waals surface area contributed by atoms with Gasteiger partial charge in [0.05, 0.1) is 34.8 Å². The van der Waals surface area contributed by atoms with Gasteiger partial charge in [-0.05, 0) is 32.1 Å². The molecule has 0 unspecified atom stereocenters. The second kappa shape index (κ2) is 6.89. The summed E-state index contributed by atoms with van der Waals surface area (Å²) in [6, 6.07) is 0. The van der Waals surface area contributed by atoms with E-state index in [-0.39, 0.29) is 29.1 Å². The number of ether oxygens (including phenoxy) is 1. The van der Waals surface area contributed by atoms with Gasteiger partial charge < -0.3 is 14.7 Å². The highest BCUT2D eigenvalue weighted by molar-refractivity contribution is 5.96. The standard InChI is InChI=1S/C20H31N3O3/c1-13-17(14(2)22-12-21-13)18(25)23-8-6-20(7-9-23)11-15(24)10-16(26-20)19(3,4)5/h12,15-16,24H,6-11H2,1-5H3/t15-,16-/m1/s1. The highest BCUT2D eigenvalue weighted by Gasteiger charge is 2.46. The van der Waals surface area contributed by atoms with Gasteiger partial charge in [0.1, 0.15) is 6.33 Å². The molecule has 0 radical (unpaired) electrons. The lowest BCUT2D eigenvalue weighted by atomic mass is 9.76. The predicted molar refractivity (Wildman–Crippen MR) is 98.9 cm³/mol. The van der Waals surface area contributed by atoms with Gasteiger partial charge in [-0.1, -0.05) is 20.8 Å². The summed E-state index contributed by atoms with van der Waals surface area (Å²) < 4.78 is 6.51. The van der Waals surface area contributed by atoms with Gasteiger partial charge in [-0.3, -0.25) is 4.79 Å². The SMILES string of the molecule is Cc1ncnc(C)c1C(=O)N1CCC2(CC1)C[C@H](O)C[C@H](C(C)(C)C)O2. The molecule has 1 aromatic rings. The average molecular weight is 361 g/mol. The molecule has 2 saturated heterocycles. The minimum atomic E-state index is -0.331. The summed E-state index contributed by atoms with van der Waals surface area (Å²) in [4.78, 5) is 23.2. The molecular formula is C20H31N3O3. The number of likely N-dealkylation sites (tertiary alicyclic amines) is 1. The van der Waals surface area contributed by atoms with E-state index >= 15 is 0 Å². The van der Waals surface area contributed by atoms with Crippen LogP contribution in [-0.2, 0) is 4.74 Å². The number of aromatic nitrogens is 2. The molecule has 1 aromatic heterocycles. The molecule has 2 atom stereocenters. The van der Waals surface area contributed by atoms with E-state index in [2.05, 4.69) is 30.7 Å². The number of hydrogen-bond donors (Lipinski definition) is 1. The molecule has 0 aromatic carbocycles. The van der Waals surface area contributed by atoms with E-state index in [1.807, 2.05) is 18.7 Å². The van der Waals surface area contributed by atoms with Gasteiger partial charge in [0.25, 0.3) is 5.91 Å². The Morgan fingerprint density at radius 1 is 1.23 bits per heavy atom. The fourth-order valence-electron chi connectivity index (χ4n) is 4.19. The predicted octanol–water partition coefficient (Wildman–Crippen LogP) is 2.65. The van der Waals surface area contributed by atoms with E-state index in [0.717, 1.165) is 24.2 Å². The van der Waals surface area contributed by atoms with Crippen LogP contribution in [0.25, 0.3) is 0 Å². The number of nitrogens with zero attached hydrogens (tertiary/aromatic N) is 3. The maximum Gasteiger partial charge on any atom is 0.257 e. The molecule has 26 heavy (non-hydrogen) atoms. The monoisotopic (exact) mass is 361 g/mol. The first-order valence-electron chi connectivity index (χ1n) is 9.55. The van der Waals surface area contributed by atoms with Crippen molar-refractivity contribution < 1.29 is 14.6 Å². The maximum absolute atomic E-state index is 13.0. The van der Waals surface area contributed by atoms with Crippen LogP contribution in [0.3, 0.4) is 0 Å². The quantitative estimate of drug-likeness (QED) is 0.832. The first-order chi connectivity index (χ1) is 12.1. The van der Waals surface area contributed by atoms with Gasteiger partial charge in [0.2, 0.25) is 0 Å². The van der Waals surface area contributed by atoms with Crippen LogP contribution >= 0.6 is 0 Å². The second-order valence-corrected chi connectivity index (χ2v) is 8.96. The van der Waals surface area contributed by atoms with Gasteiger partial charge in [0.15, 0.2) is 0 Å². The molecule has 1 N–H and O–H groups in total. The summed E-state index contributed by atoms with van der Waals surface area (Å²) in [6.07, 6.45) is 4.07. The highest BCUT2D eigenvalue weighted by atomic mass is 16.5. The minimum absolute atomic E-state index is 0.000760. The molecule has 1 amide bonds. The number of amides is 1. The van der Waals surface area contributed by atoms with Crippen LogP contribution in [0.2, 0.25) is 0 Å². The van der Waals surface area contributed by atoms with Gasteiger partial charge in [-0.2, -0.15) is 0 Å². The Labute approximate surface area is 156 Å². The third-order valence-corrected chi connectivity index (χ3v) is 5.85. The Kier molecular flexibility index (Phi) is 5.10. The smallest absolute Gasteiger partial charge is 0.257 e. The molecule has 0 saturated carbocycles. The summed E-state index contributed by atoms with van der Waals surface area (Å²) in [6.45, 7) is 11.4. The van der Waals surface area contributed by atoms with Crippen LogP contribution in [0.5, 0.6) is 0 Å². The molecule has 6 nitrogen and oxygen atoms in total. The van der Waals surface area contributed by atoms with Gasteiger partial charge in [0, 0.05) is 25.9 Å². The Balaban J connectivity index is 1.71. The number of carbonyl (C=O) groups excluding carboxylic acids is 1. The zero-order chi connectivity index (χ0) is 19.1. The lowest BCUT2D eigenvalue weighted by molar-refractivity contribution is -0.205. The van der Waals surface area contributed by atoms with Crippen LogP contribution in [0.1, 0.15) is 68.2 Å². The lowest BCUT2D eigenvalue weighted by Crippen LogP contribution is -2.55. The first-order valence-corrected chi connectivity index (χ1v) is 9.55. The molecule has 2 aliphatic heterocycles. The molecule has 0 aliphatic carbocycles. The highest BCUT2D eigenvalue weighted by Crippen LogP contribution is 2.42. The Morgan fingerprint density at radius 3 is 2.35 bits per heavy atom. The number of hydrogen-bond acceptors (Lipinski definition) is 5. The second-order valence-electron chi connectivity index (χ2n) is 8.96. The van der Waals surface area contributed by atoms with E-state index in [9.17, 15) is 9.90 Å². The van der Waals surface area contributed by atoms with Crippen molar-refractivity contribution >= 4 is 5.91 Å². The van der Waals surface area contributed by atoms with E-state index in [4.69, 9.17) is 4.74 Å². The molecule has 144 valence electrons. The van der Waals surface area contributed by atoms with E-state index < -0.39 is 0 Å². The fourth-order valence-corrected chi connectivity index (χ4v) is 4.19. The van der Waals surface area contributed by atoms with Crippen LogP contribution in [0.4, 0.5) is 0 Å². The number of rotatable bonds is 1. The summed E-state index contributed by atoms with van der Waals surface area (Å²) in [5.41, 5.74) is 1.74. The van der Waals surface area contributed by atoms with E-state index in [1.54, 1.807) is 0 Å². The van der Waals surface area contributed by atoms with Crippen LogP contribution in [-0.4, -0.2) is 56.8 Å². The summed E-state index contributed by atoms with van der Waals surface area (Å²) >= 11 is 0. The number of aliphatic hydroxyl groups excluding tert-OH is 1. The van der Waals surface area contributed by atoms with Crippen LogP contribution in [0, 0.1) is 19.3 Å². The maximum atomic E-state index is 13.0. The Bertz CT molecular complexity index is 655. The van der Waals surface area contributed by atoms with Crippen molar-refractivity contribution in [1.82, 2.24) is 14.9 Å². The molecule has 0 bridgehead atoms. The van der Waals surface area contributed by atoms with Gasteiger partial charge in [-0.25, -0.2) is 9.97 Å². The molecule has 2 aliphatic rings. The zero-order valence-corrected chi connectivity index (χ0v) is 16.6. The summed E-state index contributed by atoms with van der Waals surface area (Å²) in [5, 5.41) is 10.4. The molecule has 3 rings (SSSR count). The Hall–Kier alpha value is -1.53. The van der Waals surface area contributed by atoms with Crippen molar-refractivity contribution in [3.8, 4) is 0 Å². The van der Waals surface area contributed by atoms with Crippen LogP contribution in [0.15, 0.2) is 6.33 Å². The molecule has 6 heteroatoms. The third kappa shape index (κ3) is 3.76. The van der Waals surface area contributed by atoms with Crippen molar-refractivity contribution in [2.75, 3.05) is 13.1 Å². The summed E-state index contributed by atoms with van der Waals surface area (Å²) in [7, 11) is 0. The van der Waals surface area contributed by atoms with Crippen LogP contribution < -0.4 is 0 Å². The van der Waals surface area contributed by atoms with Gasteiger partial charge >= 0.3 is 0 Å². The largest absolute Gasteiger partial charge is 0.393 e. The van der Waals surface area contributed by atoms with Gasteiger partial charge in [-0.15, -0.1) is 0 Å². The number of carbonyl (C=O) groups is 1. The average Bonchev–Trinajstić information content (AvgIpc) is 2.53. The number of aliphatic hydroxyl groups is 1. The fraction of sp³-hybridized carbons (Fsp3) is 0.750.